The van der Waals surface area contributed by atoms with Crippen LogP contribution in [0.5, 0.6) is 0 Å². The minimum Gasteiger partial charge on any atom is -0.463 e. The average Bonchev–Trinajstić information content (AvgIpc) is 0.898. The smallest absolute Gasteiger partial charge is 0.463 e. The molecule has 0 aromatic heterocycles. The van der Waals surface area contributed by atoms with Crippen LogP contribution in [0, 0.1) is 0 Å². The van der Waals surface area contributed by atoms with Crippen LogP contribution in [-0.4, -0.2) is 95.9 Å². The lowest BCUT2D eigenvalue weighted by atomic mass is 10.0. The number of aliphatic hydroxyl groups is 2. The molecule has 0 heterocycles. The van der Waals surface area contributed by atoms with Gasteiger partial charge in [0, 0.05) is 19.3 Å². The minimum atomic E-state index is -4.95. The highest BCUT2D eigenvalue weighted by molar-refractivity contribution is 7.47. The zero-order chi connectivity index (χ0) is 85.1. The van der Waals surface area contributed by atoms with E-state index in [0.29, 0.717) is 19.3 Å². The summed E-state index contributed by atoms with van der Waals surface area (Å²) in [4.78, 5) is 59.0. The third-order valence-electron chi connectivity index (χ3n) is 19.7. The highest BCUT2D eigenvalue weighted by atomic mass is 31.2. The molecule has 18 heteroatoms. The molecule has 0 radical (unpaired) electrons. The summed E-state index contributed by atoms with van der Waals surface area (Å²) in [6.45, 7) is 2.55. The van der Waals surface area contributed by atoms with Crippen LogP contribution in [0.25, 0.3) is 0 Å². The summed E-state index contributed by atoms with van der Waals surface area (Å²) in [6, 6.07) is 0. The summed E-state index contributed by atoms with van der Waals surface area (Å²) in [6.07, 6.45) is 116. The molecule has 0 aliphatic heterocycles. The Hall–Kier alpha value is -4.83. The molecule has 0 bridgehead atoms. The van der Waals surface area contributed by atoms with Crippen LogP contribution in [0.2, 0.25) is 0 Å². The normalized spacial score (nSPS) is 14.5. The fourth-order valence-corrected chi connectivity index (χ4v) is 14.2. The Morgan fingerprint density at radius 3 is 0.718 bits per heavy atom. The topological polar surface area (TPSA) is 231 Å². The van der Waals surface area contributed by atoms with Gasteiger partial charge in [-0.2, -0.15) is 0 Å². The van der Waals surface area contributed by atoms with Crippen molar-refractivity contribution in [3.8, 4) is 0 Å². The fourth-order valence-electron chi connectivity index (χ4n) is 12.6. The van der Waals surface area contributed by atoms with E-state index in [0.717, 1.165) is 167 Å². The van der Waals surface area contributed by atoms with Gasteiger partial charge in [-0.25, -0.2) is 9.13 Å². The number of phosphoric ester groups is 2. The highest BCUT2D eigenvalue weighted by Gasteiger charge is 2.29. The van der Waals surface area contributed by atoms with Crippen LogP contribution in [0.3, 0.4) is 0 Å². The Bertz CT molecular complexity index is 2760. The van der Waals surface area contributed by atoms with Gasteiger partial charge in [0.25, 0.3) is 0 Å². The van der Waals surface area contributed by atoms with Gasteiger partial charge in [0.15, 0.2) is 6.10 Å². The van der Waals surface area contributed by atoms with E-state index in [1.54, 1.807) is 0 Å². The van der Waals surface area contributed by atoms with Crippen molar-refractivity contribution in [3.05, 3.63) is 158 Å². The number of carbonyl (C=O) groups is 3. The number of ether oxygens (including phenoxy) is 3. The van der Waals surface area contributed by atoms with Gasteiger partial charge in [0.05, 0.1) is 26.4 Å². The van der Waals surface area contributed by atoms with Gasteiger partial charge in [-0.15, -0.1) is 0 Å². The van der Waals surface area contributed by atoms with Crippen LogP contribution in [0.1, 0.15) is 393 Å². The number of carbonyl (C=O) groups excluding carboxylic acids is 3. The summed E-state index contributed by atoms with van der Waals surface area (Å²) < 4.78 is 61.5. The average molecular weight is 1680 g/mol. The second-order valence-corrected chi connectivity index (χ2v) is 34.0. The molecule has 0 aromatic rings. The van der Waals surface area contributed by atoms with Crippen molar-refractivity contribution in [3.63, 3.8) is 0 Å². The Morgan fingerprint density at radius 2 is 0.453 bits per heavy atom. The number of allylic oxidation sites excluding steroid dienone is 26. The fraction of sp³-hybridized carbons (Fsp3) is 0.707. The number of unbranched alkanes of at least 4 members (excludes halogenated alkanes) is 39. The molecule has 672 valence electrons. The number of aliphatic hydroxyl groups excluding tert-OH is 2. The number of hydrogen-bond acceptors (Lipinski definition) is 14. The van der Waals surface area contributed by atoms with E-state index in [2.05, 4.69) is 179 Å². The van der Waals surface area contributed by atoms with Gasteiger partial charge in [-0.05, 0) is 154 Å². The van der Waals surface area contributed by atoms with Crippen molar-refractivity contribution >= 4 is 33.6 Å². The molecule has 0 saturated heterocycles. The summed E-state index contributed by atoms with van der Waals surface area (Å²) in [5, 5.41) is 20.7. The van der Waals surface area contributed by atoms with Crippen LogP contribution >= 0.6 is 15.6 Å². The molecule has 0 rings (SSSR count). The maximum atomic E-state index is 13.1. The van der Waals surface area contributed by atoms with Gasteiger partial charge in [-0.3, -0.25) is 32.5 Å². The van der Waals surface area contributed by atoms with Gasteiger partial charge in [-0.1, -0.05) is 378 Å². The largest absolute Gasteiger partial charge is 0.472 e. The van der Waals surface area contributed by atoms with Crippen molar-refractivity contribution in [2.24, 2.45) is 0 Å². The van der Waals surface area contributed by atoms with Crippen molar-refractivity contribution < 1.29 is 75.8 Å². The first-order valence-corrected chi connectivity index (χ1v) is 49.8. The monoisotopic (exact) mass is 1680 g/mol. The maximum absolute atomic E-state index is 13.1. The van der Waals surface area contributed by atoms with Crippen LogP contribution in [0.15, 0.2) is 158 Å². The number of phosphoric acid groups is 2. The van der Waals surface area contributed by atoms with E-state index in [1.165, 1.54) is 167 Å². The molecule has 5 atom stereocenters. The van der Waals surface area contributed by atoms with E-state index in [4.69, 9.17) is 32.3 Å². The zero-order valence-electron chi connectivity index (χ0n) is 74.1. The number of rotatable bonds is 88. The molecule has 0 aliphatic carbocycles. The molecule has 0 aliphatic rings. The maximum Gasteiger partial charge on any atom is 0.472 e. The second-order valence-electron chi connectivity index (χ2n) is 31.1. The summed E-state index contributed by atoms with van der Waals surface area (Å²) in [5.41, 5.74) is 0. The first-order chi connectivity index (χ1) is 57.2. The molecule has 5 unspecified atom stereocenters. The van der Waals surface area contributed by atoms with Crippen molar-refractivity contribution in [1.29, 1.82) is 0 Å². The molecule has 0 amide bonds. The third-order valence-corrected chi connectivity index (χ3v) is 21.6. The van der Waals surface area contributed by atoms with E-state index in [1.807, 2.05) is 0 Å². The number of hydrogen-bond donors (Lipinski definition) is 4. The molecule has 117 heavy (non-hydrogen) atoms. The number of esters is 3. The van der Waals surface area contributed by atoms with E-state index in [-0.39, 0.29) is 19.3 Å². The zero-order valence-corrected chi connectivity index (χ0v) is 75.9. The highest BCUT2D eigenvalue weighted by Crippen LogP contribution is 2.45. The van der Waals surface area contributed by atoms with Gasteiger partial charge in [0.1, 0.15) is 25.4 Å². The van der Waals surface area contributed by atoms with Crippen molar-refractivity contribution in [2.75, 3.05) is 39.6 Å². The Labute approximate surface area is 714 Å². The van der Waals surface area contributed by atoms with E-state index in [9.17, 15) is 43.5 Å². The quantitative estimate of drug-likeness (QED) is 0.0146. The molecule has 0 spiro atoms. The summed E-state index contributed by atoms with van der Waals surface area (Å²) in [7, 11) is -9.82. The first-order valence-electron chi connectivity index (χ1n) is 46.8. The standard InChI is InChI=1S/C99H170O16P2/c1-4-7-10-13-16-19-22-25-28-31-34-37-40-42-44-45-46-47-49-51-53-55-58-61-64-67-70-73-76-79-82-85-97(102)109-88-94(100)89-111-116(105,106)112-90-95(101)91-113-117(107,108)114-93-96(115-99(104)87-84-81-78-75-72-69-66-63-60-57-52-39-36-33-30-27-24-21-18-15-12-9-6-3)92-110-98(103)86-83-80-77-74-71-68-65-62-59-56-54-50-48-43-41-38-35-32-29-26-23-20-17-14-11-8-5-2/h9,12,16-21,25-30,34-39,42-44,48,57,60,94-96,100-101H,4-8,10-11,13-15,22-24,31-33,40-41,45-47,49-56,58-59,61-93H2,1-3H3,(H,105,106)(H,107,108)/b12-9-,19-16-,20-17-,21-18-,28-25-,29-26-,30-27-,37-34-,38-35-,39-36-,44-42-,48-43-,60-57-. The van der Waals surface area contributed by atoms with Gasteiger partial charge >= 0.3 is 33.6 Å². The predicted octanol–water partition coefficient (Wildman–Crippen LogP) is 28.9. The lowest BCUT2D eigenvalue weighted by Gasteiger charge is -2.21. The lowest BCUT2D eigenvalue weighted by Crippen LogP contribution is -2.30. The summed E-state index contributed by atoms with van der Waals surface area (Å²) in [5.74, 6) is -1.58. The van der Waals surface area contributed by atoms with Crippen molar-refractivity contribution in [1.82, 2.24) is 0 Å². The van der Waals surface area contributed by atoms with Crippen LogP contribution in [-0.2, 0) is 55.8 Å². The lowest BCUT2D eigenvalue weighted by molar-refractivity contribution is -0.161. The molecule has 0 fully saturated rings. The molecule has 4 N–H and O–H groups in total. The van der Waals surface area contributed by atoms with Gasteiger partial charge < -0.3 is 34.2 Å². The van der Waals surface area contributed by atoms with Crippen LogP contribution < -0.4 is 0 Å². The molecule has 16 nitrogen and oxygen atoms in total. The third kappa shape index (κ3) is 91.7. The first kappa shape index (κ1) is 112. The molecule has 0 aromatic carbocycles. The molecular weight excluding hydrogens is 1510 g/mol. The van der Waals surface area contributed by atoms with Crippen molar-refractivity contribution in [2.45, 2.75) is 411 Å². The molecule has 0 saturated carbocycles. The van der Waals surface area contributed by atoms with Gasteiger partial charge in [0.2, 0.25) is 0 Å². The molecular formula is C99H170O16P2. The minimum absolute atomic E-state index is 0.0870. The Kier molecular flexibility index (Phi) is 86.7. The van der Waals surface area contributed by atoms with E-state index >= 15 is 0 Å². The SMILES string of the molecule is CC/C=C\C/C=C\C/C=C\C/C=C\C/C=C\CCCCCCCCCC(=O)OC(COC(=O)CCCCCCCCCCCCC/C=C\C/C=C\C/C=C\C/C=C\CCCCC)COP(=O)(O)OCC(O)COP(=O)(O)OCC(O)COC(=O)CCCCCCCCCCCCCCCCC/C=C\C/C=C\C/C=C\C/C=C\CCCCC. The van der Waals surface area contributed by atoms with Crippen LogP contribution in [0.4, 0.5) is 0 Å². The predicted molar refractivity (Wildman–Crippen MR) is 491 cm³/mol. The second kappa shape index (κ2) is 90.4. The summed E-state index contributed by atoms with van der Waals surface area (Å²) >= 11 is 0. The Balaban J connectivity index is 4.62. The Morgan fingerprint density at radius 1 is 0.248 bits per heavy atom. The van der Waals surface area contributed by atoms with E-state index < -0.39 is 91.5 Å².